The van der Waals surface area contributed by atoms with Crippen LogP contribution < -0.4 is 37.6 Å². The molecule has 6 amide bonds. The largest absolute Gasteiger partial charge is 0.481 e. The fraction of sp³-hybridized carbons (Fsp3) is 0.655. The van der Waals surface area contributed by atoms with Crippen molar-refractivity contribution in [2.45, 2.75) is 82.2 Å². The van der Waals surface area contributed by atoms with E-state index in [1.807, 2.05) is 5.32 Å². The quantitative estimate of drug-likeness (QED) is 0.0406. The predicted octanol–water partition coefficient (Wildman–Crippen LogP) is -3.48. The maximum Gasteiger partial charge on any atom is 0.326 e. The number of nitrogens with one attached hydrogen (secondary N) is 6. The van der Waals surface area contributed by atoms with Crippen LogP contribution in [0.3, 0.4) is 0 Å². The van der Waals surface area contributed by atoms with Crippen LogP contribution in [0.15, 0.2) is 0 Å². The van der Waals surface area contributed by atoms with Crippen LogP contribution in [-0.2, 0) is 47.9 Å². The second kappa shape index (κ2) is 24.5. The lowest BCUT2D eigenvalue weighted by Gasteiger charge is -2.28. The molecule has 0 aliphatic heterocycles. The molecule has 0 heterocycles. The van der Waals surface area contributed by atoms with E-state index in [4.69, 9.17) is 10.8 Å². The molecular weight excluding hydrogens is 734 g/mol. The molecule has 0 fully saturated rings. The molecule has 294 valence electrons. The first-order valence-corrected chi connectivity index (χ1v) is 18.4. The smallest absolute Gasteiger partial charge is 0.326 e. The van der Waals surface area contributed by atoms with E-state index in [-0.39, 0.29) is 24.3 Å². The number of carbonyl (C=O) groups is 10. The standard InChI is InChI=1S/C29H47N7O14S2/c1-13(2)23(36-27(47)16(9-20(38)39)31-19(37)12-30)28(48)33-15(6-8-52-4)24(44)34-17(10-21(40)41)26(46)32-14(5-7-51-3)25(45)35-18(29(49)50)11-22(42)43/h13-18,23H,5-12,30H2,1-4H3,(H,31,37)(H,32,46)(H,33,48)(H,34,44)(H,35,45)(H,36,47)(H,38,39)(H,40,41)(H,42,43)(H,49,50). The van der Waals surface area contributed by atoms with Gasteiger partial charge in [0.25, 0.3) is 0 Å². The number of rotatable bonds is 26. The number of amides is 6. The first-order valence-electron chi connectivity index (χ1n) is 15.6. The number of hydrogen-bond donors (Lipinski definition) is 11. The van der Waals surface area contributed by atoms with Crippen LogP contribution in [0, 0.1) is 5.92 Å². The topological polar surface area (TPSA) is 350 Å². The van der Waals surface area contributed by atoms with E-state index in [1.54, 1.807) is 12.5 Å². The lowest BCUT2D eigenvalue weighted by atomic mass is 10.0. The molecule has 23 heteroatoms. The number of carboxylic acids is 4. The molecule has 0 spiro atoms. The monoisotopic (exact) mass is 781 g/mol. The SMILES string of the molecule is CSCCC(NC(=O)C(CC(=O)O)NC(=O)C(CCSC)NC(=O)C(NC(=O)C(CC(=O)O)NC(=O)CN)C(C)C)C(=O)NC(CC(=O)O)C(=O)O. The van der Waals surface area contributed by atoms with Gasteiger partial charge in [-0.05, 0) is 42.8 Å². The summed E-state index contributed by atoms with van der Waals surface area (Å²) < 4.78 is 0. The summed E-state index contributed by atoms with van der Waals surface area (Å²) >= 11 is 2.53. The molecule has 12 N–H and O–H groups in total. The van der Waals surface area contributed by atoms with Gasteiger partial charge in [-0.3, -0.25) is 43.2 Å². The van der Waals surface area contributed by atoms with Gasteiger partial charge in [0.15, 0.2) is 0 Å². The lowest BCUT2D eigenvalue weighted by Crippen LogP contribution is -2.60. The van der Waals surface area contributed by atoms with Gasteiger partial charge in [-0.2, -0.15) is 23.5 Å². The van der Waals surface area contributed by atoms with E-state index in [0.29, 0.717) is 0 Å². The number of thioether (sulfide) groups is 2. The summed E-state index contributed by atoms with van der Waals surface area (Å²) in [5.74, 6) is -12.3. The predicted molar refractivity (Wildman–Crippen MR) is 186 cm³/mol. The zero-order chi connectivity index (χ0) is 40.1. The average Bonchev–Trinajstić information content (AvgIpc) is 3.04. The van der Waals surface area contributed by atoms with Crippen LogP contribution >= 0.6 is 23.5 Å². The maximum atomic E-state index is 13.5. The Morgan fingerprint density at radius 1 is 0.519 bits per heavy atom. The van der Waals surface area contributed by atoms with E-state index < -0.39 is 127 Å². The summed E-state index contributed by atoms with van der Waals surface area (Å²) in [5, 5.41) is 50.5. The van der Waals surface area contributed by atoms with E-state index in [2.05, 4.69) is 26.6 Å². The Morgan fingerprint density at radius 2 is 0.865 bits per heavy atom. The summed E-state index contributed by atoms with van der Waals surface area (Å²) in [6.45, 7) is 2.51. The van der Waals surface area contributed by atoms with Gasteiger partial charge in [0.1, 0.15) is 36.3 Å². The number of aliphatic carboxylic acids is 4. The molecule has 0 aromatic carbocycles. The molecule has 21 nitrogen and oxygen atoms in total. The van der Waals surface area contributed by atoms with Crippen molar-refractivity contribution in [1.82, 2.24) is 31.9 Å². The second-order valence-corrected chi connectivity index (χ2v) is 13.5. The van der Waals surface area contributed by atoms with Crippen molar-refractivity contribution in [1.29, 1.82) is 0 Å². The van der Waals surface area contributed by atoms with Crippen molar-refractivity contribution in [3.05, 3.63) is 0 Å². The molecule has 6 atom stereocenters. The van der Waals surface area contributed by atoms with E-state index >= 15 is 0 Å². The van der Waals surface area contributed by atoms with Crippen molar-refractivity contribution in [2.24, 2.45) is 11.7 Å². The third-order valence-corrected chi connectivity index (χ3v) is 8.24. The highest BCUT2D eigenvalue weighted by molar-refractivity contribution is 7.98. The van der Waals surface area contributed by atoms with Gasteiger partial charge in [0, 0.05) is 0 Å². The lowest BCUT2D eigenvalue weighted by molar-refractivity contribution is -0.147. The molecule has 6 unspecified atom stereocenters. The third-order valence-electron chi connectivity index (χ3n) is 6.96. The van der Waals surface area contributed by atoms with E-state index in [9.17, 15) is 63.3 Å². The van der Waals surface area contributed by atoms with Crippen molar-refractivity contribution >= 4 is 82.8 Å². The highest BCUT2D eigenvalue weighted by atomic mass is 32.2. The van der Waals surface area contributed by atoms with E-state index in [1.165, 1.54) is 37.4 Å². The van der Waals surface area contributed by atoms with E-state index in [0.717, 1.165) is 0 Å². The molecule has 0 aromatic heterocycles. The van der Waals surface area contributed by atoms with Gasteiger partial charge in [0.05, 0.1) is 25.8 Å². The van der Waals surface area contributed by atoms with Gasteiger partial charge >= 0.3 is 23.9 Å². The Morgan fingerprint density at radius 3 is 1.25 bits per heavy atom. The number of hydrogen-bond acceptors (Lipinski definition) is 13. The zero-order valence-corrected chi connectivity index (χ0v) is 30.6. The average molecular weight is 782 g/mol. The van der Waals surface area contributed by atoms with Crippen LogP contribution in [0.1, 0.15) is 46.0 Å². The maximum absolute atomic E-state index is 13.5. The molecule has 0 rings (SSSR count). The summed E-state index contributed by atoms with van der Waals surface area (Å²) in [7, 11) is 0. The minimum atomic E-state index is -1.85. The van der Waals surface area contributed by atoms with Gasteiger partial charge in [0.2, 0.25) is 35.4 Å². The van der Waals surface area contributed by atoms with Crippen molar-refractivity contribution in [2.75, 3.05) is 30.6 Å². The molecule has 0 aliphatic carbocycles. The van der Waals surface area contributed by atoms with Gasteiger partial charge < -0.3 is 58.1 Å². The van der Waals surface area contributed by atoms with Crippen molar-refractivity contribution in [3.63, 3.8) is 0 Å². The minimum Gasteiger partial charge on any atom is -0.481 e. The molecule has 52 heavy (non-hydrogen) atoms. The van der Waals surface area contributed by atoms with Crippen LogP contribution in [0.4, 0.5) is 0 Å². The number of carbonyl (C=O) groups excluding carboxylic acids is 6. The zero-order valence-electron chi connectivity index (χ0n) is 29.0. The van der Waals surface area contributed by atoms with Gasteiger partial charge in [-0.1, -0.05) is 13.8 Å². The second-order valence-electron chi connectivity index (χ2n) is 11.5. The van der Waals surface area contributed by atoms with Crippen molar-refractivity contribution < 1.29 is 68.4 Å². The number of nitrogens with two attached hydrogens (primary N) is 1. The van der Waals surface area contributed by atoms with Crippen LogP contribution in [0.5, 0.6) is 0 Å². The first-order chi connectivity index (χ1) is 24.3. The molecule has 0 aliphatic rings. The van der Waals surface area contributed by atoms with Gasteiger partial charge in [-0.15, -0.1) is 0 Å². The highest BCUT2D eigenvalue weighted by Gasteiger charge is 2.35. The molecule has 0 bridgehead atoms. The number of carboxylic acid groups (broad SMARTS) is 4. The Labute approximate surface area is 307 Å². The third kappa shape index (κ3) is 18.6. The van der Waals surface area contributed by atoms with Crippen LogP contribution in [0.2, 0.25) is 0 Å². The fourth-order valence-electron chi connectivity index (χ4n) is 4.27. The Hall–Kier alpha value is -4.64. The van der Waals surface area contributed by atoms with Crippen LogP contribution in [-0.4, -0.2) is 147 Å². The van der Waals surface area contributed by atoms with Crippen molar-refractivity contribution in [3.8, 4) is 0 Å². The minimum absolute atomic E-state index is 0.0496. The molecule has 0 radical (unpaired) electrons. The molecule has 0 saturated heterocycles. The first kappa shape index (κ1) is 47.4. The molecular formula is C29H47N7O14S2. The van der Waals surface area contributed by atoms with Gasteiger partial charge in [-0.25, -0.2) is 4.79 Å². The fourth-order valence-corrected chi connectivity index (χ4v) is 5.21. The Balaban J connectivity index is 6.20. The Kier molecular flexibility index (Phi) is 22.3. The normalized spacial score (nSPS) is 14.3. The summed E-state index contributed by atoms with van der Waals surface area (Å²) in [6.07, 6.45) is 0.422. The Bertz CT molecular complexity index is 1320. The highest BCUT2D eigenvalue weighted by Crippen LogP contribution is 2.09. The summed E-state index contributed by atoms with van der Waals surface area (Å²) in [6, 6.07) is -9.50. The van der Waals surface area contributed by atoms with Crippen LogP contribution in [0.25, 0.3) is 0 Å². The summed E-state index contributed by atoms with van der Waals surface area (Å²) in [4.78, 5) is 123. The molecule has 0 saturated carbocycles. The summed E-state index contributed by atoms with van der Waals surface area (Å²) in [5.41, 5.74) is 5.24. The molecule has 0 aromatic rings.